The number of benzene rings is 3. The molecule has 0 radical (unpaired) electrons. The van der Waals surface area contributed by atoms with E-state index in [1.165, 1.54) is 61.9 Å². The third-order valence-electron chi connectivity index (χ3n) is 9.77. The van der Waals surface area contributed by atoms with E-state index in [1.54, 1.807) is 36.9 Å². The van der Waals surface area contributed by atoms with Gasteiger partial charge >= 0.3 is 5.97 Å². The number of quaternary nitrogens is 1. The fourth-order valence-electron chi connectivity index (χ4n) is 6.67. The number of fused-ring (bicyclic) bond motifs is 2. The fourth-order valence-corrected chi connectivity index (χ4v) is 8.25. The number of ether oxygens (including phenoxy) is 2. The Morgan fingerprint density at radius 1 is 0.823 bits per heavy atom. The quantitative estimate of drug-likeness (QED) is 0.0393. The zero-order valence-corrected chi connectivity index (χ0v) is 37.8. The van der Waals surface area contributed by atoms with Crippen LogP contribution in [-0.2, 0) is 39.3 Å². The summed E-state index contributed by atoms with van der Waals surface area (Å²) in [6.07, 6.45) is 0.281. The second kappa shape index (κ2) is 24.6. The molecule has 0 fully saturated rings. The highest BCUT2D eigenvalue weighted by Gasteiger charge is 2.30. The minimum atomic E-state index is -5.28. The van der Waals surface area contributed by atoms with Gasteiger partial charge in [0.25, 0.3) is 5.91 Å². The molecule has 20 heteroatoms. The van der Waals surface area contributed by atoms with Crippen molar-refractivity contribution in [3.05, 3.63) is 59.5 Å². The lowest BCUT2D eigenvalue weighted by Crippen LogP contribution is -3.11. The molecule has 1 aliphatic heterocycles. The fraction of sp³-hybridized carbons (Fsp3) is 0.476. The molecular weight excluding hydrogens is 847 g/mol. The Labute approximate surface area is 363 Å². The molecule has 4 rings (SSSR count). The van der Waals surface area contributed by atoms with Crippen LogP contribution in [0, 0.1) is 0 Å². The van der Waals surface area contributed by atoms with Crippen molar-refractivity contribution >= 4 is 54.7 Å². The normalized spacial score (nSPS) is 12.0. The molecule has 0 spiro atoms. The van der Waals surface area contributed by atoms with Crippen LogP contribution < -0.4 is 25.9 Å². The summed E-state index contributed by atoms with van der Waals surface area (Å²) in [4.78, 5) is 41.2. The molecule has 5 N–H and O–H groups in total. The monoisotopic (exact) mass is 905 g/mol. The van der Waals surface area contributed by atoms with Crippen LogP contribution in [-0.4, -0.2) is 133 Å². The van der Waals surface area contributed by atoms with E-state index < -0.39 is 53.2 Å². The van der Waals surface area contributed by atoms with Crippen LogP contribution in [0.4, 0.5) is 5.69 Å². The predicted octanol–water partition coefficient (Wildman–Crippen LogP) is 0.853. The zero-order valence-electron chi connectivity index (χ0n) is 36.1. The molecule has 2 aromatic rings. The Hall–Kier alpha value is -4.96. The minimum Gasteiger partial charge on any atom is -0.744 e. The highest BCUT2D eigenvalue weighted by molar-refractivity contribution is 7.86. The minimum absolute atomic E-state index is 0.0586. The number of hydrogen-bond acceptors (Lipinski definition) is 13. The maximum Gasteiger partial charge on any atom is 0.305 e. The zero-order chi connectivity index (χ0) is 46.0. The first-order valence-electron chi connectivity index (χ1n) is 20.6. The number of carbonyl (C=O) groups excluding carboxylic acids is 2. The predicted molar refractivity (Wildman–Crippen MR) is 229 cm³/mol. The van der Waals surface area contributed by atoms with Crippen molar-refractivity contribution in [1.29, 1.82) is 0 Å². The highest BCUT2D eigenvalue weighted by Crippen LogP contribution is 2.46. The van der Waals surface area contributed by atoms with Crippen LogP contribution in [0.1, 0.15) is 64.2 Å². The maximum absolute atomic E-state index is 14.0. The molecule has 1 aliphatic carbocycles. The first-order valence-corrected chi connectivity index (χ1v) is 23.4. The smallest absolute Gasteiger partial charge is 0.305 e. The van der Waals surface area contributed by atoms with Crippen molar-refractivity contribution in [2.24, 2.45) is 0 Å². The molecule has 0 atom stereocenters. The number of rotatable bonds is 23. The lowest BCUT2D eigenvalue weighted by Gasteiger charge is -2.24. The Morgan fingerprint density at radius 2 is 1.47 bits per heavy atom. The lowest BCUT2D eigenvalue weighted by molar-refractivity contribution is -0.894. The molecule has 1 heterocycles. The Kier molecular flexibility index (Phi) is 20.4. The average Bonchev–Trinajstić information content (AvgIpc) is 3.21. The molecule has 62 heavy (non-hydrogen) atoms. The van der Waals surface area contributed by atoms with Gasteiger partial charge in [-0.25, -0.2) is 21.8 Å². The molecular formula is C42H59N5O13S2. The van der Waals surface area contributed by atoms with Crippen molar-refractivity contribution in [1.82, 2.24) is 10.2 Å². The van der Waals surface area contributed by atoms with Crippen molar-refractivity contribution in [2.45, 2.75) is 63.7 Å². The summed E-state index contributed by atoms with van der Waals surface area (Å²) < 4.78 is 93.1. The number of nitrogens with one attached hydrogen (secondary N) is 4. The maximum atomic E-state index is 14.0. The van der Waals surface area contributed by atoms with E-state index in [0.717, 1.165) is 0 Å². The van der Waals surface area contributed by atoms with Crippen LogP contribution in [0.15, 0.2) is 62.7 Å². The number of hydrogen-bond donors (Lipinski definition) is 5. The Bertz CT molecular complexity index is 2390. The van der Waals surface area contributed by atoms with Gasteiger partial charge in [-0.05, 0) is 70.9 Å². The molecule has 2 aliphatic rings. The third-order valence-corrected chi connectivity index (χ3v) is 11.6. The SMILES string of the molecule is CCNc1ccc2c(-c3ccccc3C(=O)N(C)CCCC(=O)NCCOCCOCCC(=O)O)c3ccc(=[NH+]CC)c(S(=O)(=O)[O-])c-3oc2c1S(=O)(=O)[O-].CC[NH+](CC)CC. The van der Waals surface area contributed by atoms with Crippen LogP contribution in [0.2, 0.25) is 0 Å². The number of nitrogens with zero attached hydrogens (tertiary/aromatic N) is 1. The van der Waals surface area contributed by atoms with Crippen LogP contribution in [0.3, 0.4) is 0 Å². The van der Waals surface area contributed by atoms with E-state index >= 15 is 0 Å². The number of aliphatic carboxylic acids is 1. The van der Waals surface area contributed by atoms with Crippen molar-refractivity contribution in [2.75, 3.05) is 84.6 Å². The Balaban J connectivity index is 0.00000134. The van der Waals surface area contributed by atoms with Crippen molar-refractivity contribution in [3.63, 3.8) is 0 Å². The van der Waals surface area contributed by atoms with Crippen molar-refractivity contribution in [3.8, 4) is 22.5 Å². The summed E-state index contributed by atoms with van der Waals surface area (Å²) in [5.41, 5.74) is -0.0616. The van der Waals surface area contributed by atoms with Gasteiger partial charge in [-0.3, -0.25) is 14.4 Å². The highest BCUT2D eigenvalue weighted by atomic mass is 32.2. The number of anilines is 1. The number of carbonyl (C=O) groups is 3. The molecule has 0 saturated carbocycles. The average molecular weight is 906 g/mol. The number of amides is 2. The van der Waals surface area contributed by atoms with Crippen LogP contribution in [0.25, 0.3) is 33.4 Å². The van der Waals surface area contributed by atoms with Gasteiger partial charge in [-0.1, -0.05) is 18.2 Å². The van der Waals surface area contributed by atoms with Gasteiger partial charge in [-0.15, -0.1) is 0 Å². The van der Waals surface area contributed by atoms with E-state index in [-0.39, 0.29) is 110 Å². The molecule has 18 nitrogen and oxygen atoms in total. The second-order valence-electron chi connectivity index (χ2n) is 14.0. The van der Waals surface area contributed by atoms with Gasteiger partial charge in [0, 0.05) is 61.2 Å². The summed E-state index contributed by atoms with van der Waals surface area (Å²) in [6.45, 7) is 15.4. The van der Waals surface area contributed by atoms with Crippen LogP contribution >= 0.6 is 0 Å². The van der Waals surface area contributed by atoms with Crippen LogP contribution in [0.5, 0.6) is 0 Å². The van der Waals surface area contributed by atoms with Gasteiger partial charge in [0.1, 0.15) is 31.7 Å². The second-order valence-corrected chi connectivity index (χ2v) is 16.6. The largest absolute Gasteiger partial charge is 0.744 e. The van der Waals surface area contributed by atoms with Gasteiger partial charge < -0.3 is 48.5 Å². The summed E-state index contributed by atoms with van der Waals surface area (Å²) in [7, 11) is -9.02. The standard InChI is InChI=1S/C36H44N4O13S2.C6H15N/c1-4-37-27-14-12-25-31(26-13-15-28(38-5-2)35(55(48,49)50)33(26)53-32(25)34(27)54(45,46)47)23-9-6-7-10-24(23)36(44)40(3)18-8-11-29(41)39-17-20-52-22-21-51-19-16-30(42)43;1-4-7(5-2)6-3/h6-7,9-10,12-15,37H,4-5,8,11,16-22H2,1-3H3,(H,39,41)(H,42,43)(H,45,46,47)(H,48,49,50);4-6H2,1-3H3. The third kappa shape index (κ3) is 14.3. The van der Waals surface area contributed by atoms with Crippen molar-refractivity contribution < 1.29 is 69.2 Å². The van der Waals surface area contributed by atoms with Gasteiger partial charge in [0.15, 0.2) is 16.2 Å². The van der Waals surface area contributed by atoms with E-state index in [0.29, 0.717) is 6.42 Å². The first-order chi connectivity index (χ1) is 29.4. The van der Waals surface area contributed by atoms with E-state index in [1.807, 2.05) is 0 Å². The summed E-state index contributed by atoms with van der Waals surface area (Å²) in [6, 6.07) is 12.0. The molecule has 342 valence electrons. The molecule has 0 bridgehead atoms. The number of carboxylic acids is 1. The van der Waals surface area contributed by atoms with E-state index in [4.69, 9.17) is 19.0 Å². The van der Waals surface area contributed by atoms with Gasteiger partial charge in [-0.2, -0.15) is 0 Å². The van der Waals surface area contributed by atoms with Gasteiger partial charge in [0.05, 0.1) is 58.2 Å². The van der Waals surface area contributed by atoms with E-state index in [9.17, 15) is 40.3 Å². The molecule has 0 aromatic heterocycles. The summed E-state index contributed by atoms with van der Waals surface area (Å²) in [5.74, 6) is -2.22. The lowest BCUT2D eigenvalue weighted by atomic mass is 9.90. The molecule has 2 amide bonds. The first kappa shape index (κ1) is 51.4. The Morgan fingerprint density at radius 3 is 2.05 bits per heavy atom. The summed E-state index contributed by atoms with van der Waals surface area (Å²) >= 11 is 0. The molecule has 0 saturated heterocycles. The number of carboxylic acid groups (broad SMARTS) is 1. The van der Waals surface area contributed by atoms with Gasteiger partial charge in [0.2, 0.25) is 11.3 Å². The van der Waals surface area contributed by atoms with E-state index in [2.05, 4.69) is 36.4 Å². The molecule has 0 unspecified atom stereocenters. The molecule has 2 aromatic carbocycles. The summed E-state index contributed by atoms with van der Waals surface area (Å²) in [5, 5.41) is 14.1. The topological polar surface area (TPSA) is 263 Å².